The van der Waals surface area contributed by atoms with Gasteiger partial charge >= 0.3 is 0 Å². The molecule has 28 heavy (non-hydrogen) atoms. The molecule has 0 bridgehead atoms. The van der Waals surface area contributed by atoms with Crippen molar-refractivity contribution in [2.24, 2.45) is 4.99 Å². The highest BCUT2D eigenvalue weighted by atomic mass is 127. The van der Waals surface area contributed by atoms with Crippen LogP contribution in [0.3, 0.4) is 0 Å². The van der Waals surface area contributed by atoms with Gasteiger partial charge < -0.3 is 20.1 Å². The molecule has 0 fully saturated rings. The predicted molar refractivity (Wildman–Crippen MR) is 129 cm³/mol. The fourth-order valence-electron chi connectivity index (χ4n) is 2.59. The Morgan fingerprint density at radius 1 is 0.964 bits per heavy atom. The number of hydrogen-bond donors (Lipinski definition) is 2. The molecule has 0 saturated carbocycles. The Morgan fingerprint density at radius 3 is 2.25 bits per heavy atom. The second-order valence-corrected chi connectivity index (χ2v) is 6.36. The summed E-state index contributed by atoms with van der Waals surface area (Å²) in [6.07, 6.45) is 0.939. The lowest BCUT2D eigenvalue weighted by Gasteiger charge is -2.18. The van der Waals surface area contributed by atoms with E-state index in [-0.39, 0.29) is 24.0 Å². The van der Waals surface area contributed by atoms with Crippen LogP contribution >= 0.6 is 24.0 Å². The third kappa shape index (κ3) is 12.5. The van der Waals surface area contributed by atoms with Gasteiger partial charge in [-0.25, -0.2) is 4.99 Å². The molecule has 0 aliphatic heterocycles. The molecule has 0 atom stereocenters. The quantitative estimate of drug-likeness (QED) is 0.176. The molecule has 0 heterocycles. The van der Waals surface area contributed by atoms with E-state index < -0.39 is 0 Å². The highest BCUT2D eigenvalue weighted by molar-refractivity contribution is 14.0. The fourth-order valence-corrected chi connectivity index (χ4v) is 2.59. The summed E-state index contributed by atoms with van der Waals surface area (Å²) >= 11 is 0. The first-order chi connectivity index (χ1) is 13.2. The van der Waals surface area contributed by atoms with Crippen molar-refractivity contribution >= 4 is 29.9 Å². The van der Waals surface area contributed by atoms with Crippen molar-refractivity contribution in [3.8, 4) is 0 Å². The van der Waals surface area contributed by atoms with Crippen LogP contribution in [0.25, 0.3) is 0 Å². The fraction of sp³-hybridized carbons (Fsp3) is 0.667. The zero-order valence-electron chi connectivity index (χ0n) is 18.0. The van der Waals surface area contributed by atoms with Crippen LogP contribution in [0.5, 0.6) is 0 Å². The number of aliphatic imine (C=N–C) groups is 1. The Labute approximate surface area is 188 Å². The molecule has 0 spiro atoms. The number of guanidine groups is 1. The third-order valence-electron chi connectivity index (χ3n) is 4.28. The topological polar surface area (TPSA) is 58.1 Å². The summed E-state index contributed by atoms with van der Waals surface area (Å²) in [5.74, 6) is 0.849. The second kappa shape index (κ2) is 18.1. The average molecular weight is 506 g/mol. The van der Waals surface area contributed by atoms with Crippen LogP contribution in [0.1, 0.15) is 38.3 Å². The highest BCUT2D eigenvalue weighted by Gasteiger charge is 2.02. The SMILES string of the molecule is CCNC(=NCc1ccc(CN(CC)CC)cc1)NCCCOCCOC.I. The minimum absolute atomic E-state index is 0. The maximum Gasteiger partial charge on any atom is 0.191 e. The van der Waals surface area contributed by atoms with E-state index >= 15 is 0 Å². The maximum absolute atomic E-state index is 5.47. The van der Waals surface area contributed by atoms with Crippen molar-refractivity contribution < 1.29 is 9.47 Å². The molecule has 1 rings (SSSR count). The Morgan fingerprint density at radius 2 is 1.64 bits per heavy atom. The van der Waals surface area contributed by atoms with Gasteiger partial charge in [-0.05, 0) is 37.6 Å². The Kier molecular flexibility index (Phi) is 17.6. The van der Waals surface area contributed by atoms with Crippen molar-refractivity contribution in [1.82, 2.24) is 15.5 Å². The Bertz CT molecular complexity index is 508. The van der Waals surface area contributed by atoms with Gasteiger partial charge in [-0.1, -0.05) is 38.1 Å². The largest absolute Gasteiger partial charge is 0.382 e. The lowest BCUT2D eigenvalue weighted by molar-refractivity contribution is 0.0698. The van der Waals surface area contributed by atoms with E-state index in [1.807, 2.05) is 0 Å². The molecular weight excluding hydrogens is 467 g/mol. The number of halogens is 1. The molecule has 0 radical (unpaired) electrons. The summed E-state index contributed by atoms with van der Waals surface area (Å²) in [6, 6.07) is 8.77. The van der Waals surface area contributed by atoms with Crippen molar-refractivity contribution in [3.05, 3.63) is 35.4 Å². The first-order valence-electron chi connectivity index (χ1n) is 10.1. The minimum atomic E-state index is 0. The van der Waals surface area contributed by atoms with Gasteiger partial charge in [0.1, 0.15) is 0 Å². The highest BCUT2D eigenvalue weighted by Crippen LogP contribution is 2.08. The number of rotatable bonds is 14. The van der Waals surface area contributed by atoms with Crippen molar-refractivity contribution in [3.63, 3.8) is 0 Å². The van der Waals surface area contributed by atoms with Gasteiger partial charge in [-0.15, -0.1) is 24.0 Å². The van der Waals surface area contributed by atoms with E-state index in [0.717, 1.165) is 51.7 Å². The first kappa shape index (κ1) is 27.1. The van der Waals surface area contributed by atoms with Gasteiger partial charge in [0.05, 0.1) is 19.8 Å². The minimum Gasteiger partial charge on any atom is -0.382 e. The monoisotopic (exact) mass is 506 g/mol. The van der Waals surface area contributed by atoms with E-state index in [9.17, 15) is 0 Å². The molecule has 0 aromatic heterocycles. The zero-order valence-corrected chi connectivity index (χ0v) is 20.3. The smallest absolute Gasteiger partial charge is 0.191 e. The Balaban J connectivity index is 0.00000729. The first-order valence-corrected chi connectivity index (χ1v) is 10.1. The van der Waals surface area contributed by atoms with Crippen LogP contribution in [0.2, 0.25) is 0 Å². The van der Waals surface area contributed by atoms with Crippen molar-refractivity contribution in [1.29, 1.82) is 0 Å². The number of nitrogens with zero attached hydrogens (tertiary/aromatic N) is 2. The van der Waals surface area contributed by atoms with E-state index in [1.165, 1.54) is 11.1 Å². The van der Waals surface area contributed by atoms with Crippen LogP contribution in [0.4, 0.5) is 0 Å². The number of hydrogen-bond acceptors (Lipinski definition) is 4. The summed E-state index contributed by atoms with van der Waals surface area (Å²) in [7, 11) is 1.68. The van der Waals surface area contributed by atoms with E-state index in [4.69, 9.17) is 9.47 Å². The number of nitrogens with one attached hydrogen (secondary N) is 2. The standard InChI is InChI=1S/C21H38N4O2.HI/c1-5-22-21(23-13-8-14-27-16-15-26-4)24-17-19-9-11-20(12-10-19)18-25(6-2)7-3;/h9-12H,5-8,13-18H2,1-4H3,(H2,22,23,24);1H. The van der Waals surface area contributed by atoms with Crippen LogP contribution in [-0.4, -0.2) is 64.0 Å². The maximum atomic E-state index is 5.47. The third-order valence-corrected chi connectivity index (χ3v) is 4.28. The lowest BCUT2D eigenvalue weighted by Crippen LogP contribution is -2.38. The lowest BCUT2D eigenvalue weighted by atomic mass is 10.1. The predicted octanol–water partition coefficient (Wildman–Crippen LogP) is 3.25. The van der Waals surface area contributed by atoms with Crippen molar-refractivity contribution in [2.45, 2.75) is 40.3 Å². The molecule has 0 aliphatic carbocycles. The van der Waals surface area contributed by atoms with E-state index in [1.54, 1.807) is 7.11 Å². The second-order valence-electron chi connectivity index (χ2n) is 6.36. The molecule has 0 aliphatic rings. The summed E-state index contributed by atoms with van der Waals surface area (Å²) < 4.78 is 10.4. The zero-order chi connectivity index (χ0) is 19.7. The molecule has 0 amide bonds. The molecule has 2 N–H and O–H groups in total. The van der Waals surface area contributed by atoms with Gasteiger partial charge in [-0.2, -0.15) is 0 Å². The summed E-state index contributed by atoms with van der Waals surface area (Å²) in [4.78, 5) is 7.09. The molecule has 0 unspecified atom stereocenters. The molecule has 6 nitrogen and oxygen atoms in total. The molecular formula is C21H39IN4O2. The van der Waals surface area contributed by atoms with Gasteiger partial charge in [0.2, 0.25) is 0 Å². The normalized spacial score (nSPS) is 11.4. The van der Waals surface area contributed by atoms with Crippen LogP contribution in [0.15, 0.2) is 29.3 Å². The van der Waals surface area contributed by atoms with Crippen LogP contribution < -0.4 is 10.6 Å². The van der Waals surface area contributed by atoms with Gasteiger partial charge in [-0.3, -0.25) is 4.90 Å². The van der Waals surface area contributed by atoms with E-state index in [2.05, 4.69) is 65.6 Å². The number of ether oxygens (including phenoxy) is 2. The molecule has 1 aromatic rings. The summed E-state index contributed by atoms with van der Waals surface area (Å²) in [5.41, 5.74) is 2.57. The average Bonchev–Trinajstić information content (AvgIpc) is 2.70. The van der Waals surface area contributed by atoms with Crippen LogP contribution in [-0.2, 0) is 22.6 Å². The molecule has 1 aromatic carbocycles. The van der Waals surface area contributed by atoms with Gasteiger partial charge in [0, 0.05) is 33.4 Å². The van der Waals surface area contributed by atoms with E-state index in [0.29, 0.717) is 19.8 Å². The number of methoxy groups -OCH3 is 1. The molecule has 162 valence electrons. The Hall–Kier alpha value is -0.900. The van der Waals surface area contributed by atoms with Gasteiger partial charge in [0.25, 0.3) is 0 Å². The summed E-state index contributed by atoms with van der Waals surface area (Å²) in [5, 5.41) is 6.64. The number of benzene rings is 1. The summed E-state index contributed by atoms with van der Waals surface area (Å²) in [6.45, 7) is 14.0. The molecule has 7 heteroatoms. The van der Waals surface area contributed by atoms with Crippen molar-refractivity contribution in [2.75, 3.05) is 53.1 Å². The van der Waals surface area contributed by atoms with Gasteiger partial charge in [0.15, 0.2) is 5.96 Å². The molecule has 0 saturated heterocycles. The van der Waals surface area contributed by atoms with Crippen LogP contribution in [0, 0.1) is 0 Å².